The van der Waals surface area contributed by atoms with Crippen LogP contribution in [0.1, 0.15) is 95.1 Å². The highest BCUT2D eigenvalue weighted by atomic mass is 19.1. The van der Waals surface area contributed by atoms with E-state index in [1.807, 2.05) is 44.2 Å². The molecule has 1 aliphatic carbocycles. The molecule has 2 aromatic rings. The molecule has 37 heavy (non-hydrogen) atoms. The number of nitrogens with one attached hydrogen (secondary N) is 1. The number of rotatable bonds is 10. The summed E-state index contributed by atoms with van der Waals surface area (Å²) in [4.78, 5) is 12.9. The Morgan fingerprint density at radius 1 is 1.14 bits per heavy atom. The van der Waals surface area contributed by atoms with Crippen LogP contribution in [0.2, 0.25) is 0 Å². The van der Waals surface area contributed by atoms with E-state index >= 15 is 4.39 Å². The van der Waals surface area contributed by atoms with Crippen LogP contribution >= 0.6 is 0 Å². The highest BCUT2D eigenvalue weighted by molar-refractivity contribution is 6.04. The molecule has 0 aliphatic heterocycles. The van der Waals surface area contributed by atoms with Crippen molar-refractivity contribution in [1.82, 2.24) is 0 Å². The molecule has 0 heterocycles. The van der Waals surface area contributed by atoms with E-state index in [2.05, 4.69) is 39.1 Å². The summed E-state index contributed by atoms with van der Waals surface area (Å²) in [6.45, 7) is 13.3. The van der Waals surface area contributed by atoms with Gasteiger partial charge in [0, 0.05) is 16.8 Å². The first kappa shape index (κ1) is 28.4. The quantitative estimate of drug-likeness (QED) is 0.259. The van der Waals surface area contributed by atoms with Crippen LogP contribution in [0.25, 0.3) is 5.83 Å². The third kappa shape index (κ3) is 7.44. The van der Waals surface area contributed by atoms with Crippen LogP contribution in [0.4, 0.5) is 10.1 Å². The van der Waals surface area contributed by atoms with Crippen molar-refractivity contribution < 1.29 is 13.9 Å². The van der Waals surface area contributed by atoms with Gasteiger partial charge >= 0.3 is 0 Å². The van der Waals surface area contributed by atoms with Crippen LogP contribution in [-0.4, -0.2) is 12.5 Å². The topological polar surface area (TPSA) is 38.3 Å². The van der Waals surface area contributed by atoms with Crippen LogP contribution < -0.4 is 10.1 Å². The number of hydrogen-bond acceptors (Lipinski definition) is 2. The Morgan fingerprint density at radius 3 is 2.51 bits per heavy atom. The van der Waals surface area contributed by atoms with Crippen molar-refractivity contribution in [1.29, 1.82) is 0 Å². The largest absolute Gasteiger partial charge is 0.494 e. The summed E-state index contributed by atoms with van der Waals surface area (Å²) < 4.78 is 21.2. The SMILES string of the molecule is CCCCOc1ccc(NC(=O)c2ccc(/C(F)=C(C)/C=C/C3=C(C)CCCC3(C)C)c(CC)c2)cc1. The standard InChI is InChI=1S/C33H42FNO2/c1-7-9-21-37-28-16-14-27(15-17-28)35-32(36)26-13-18-29(25(8-2)22-26)31(34)24(4)12-19-30-23(3)11-10-20-33(30,5)6/h12-19,22H,7-11,20-21H2,1-6H3,(H,35,36)/b19-12+,31-24-. The van der Waals surface area contributed by atoms with E-state index in [1.165, 1.54) is 17.6 Å². The Bertz CT molecular complexity index is 1190. The van der Waals surface area contributed by atoms with Gasteiger partial charge in [0.25, 0.3) is 5.91 Å². The van der Waals surface area contributed by atoms with E-state index in [0.29, 0.717) is 35.4 Å². The maximum atomic E-state index is 15.5. The number of aryl methyl sites for hydroxylation is 1. The number of anilines is 1. The number of ether oxygens (including phenoxy) is 1. The van der Waals surface area contributed by atoms with E-state index in [4.69, 9.17) is 4.74 Å². The Labute approximate surface area is 222 Å². The number of carbonyl (C=O) groups is 1. The Kier molecular flexibility index (Phi) is 9.91. The van der Waals surface area contributed by atoms with Crippen molar-refractivity contribution in [2.75, 3.05) is 11.9 Å². The lowest BCUT2D eigenvalue weighted by atomic mass is 9.72. The van der Waals surface area contributed by atoms with Gasteiger partial charge < -0.3 is 10.1 Å². The molecular weight excluding hydrogens is 461 g/mol. The lowest BCUT2D eigenvalue weighted by Gasteiger charge is -2.33. The fourth-order valence-corrected chi connectivity index (χ4v) is 4.92. The molecule has 198 valence electrons. The minimum Gasteiger partial charge on any atom is -0.494 e. The molecule has 0 bridgehead atoms. The second kappa shape index (κ2) is 12.9. The highest BCUT2D eigenvalue weighted by Crippen LogP contribution is 2.41. The molecule has 3 nitrogen and oxygen atoms in total. The first-order valence-corrected chi connectivity index (χ1v) is 13.6. The minimum absolute atomic E-state index is 0.113. The zero-order valence-electron chi connectivity index (χ0n) is 23.3. The summed E-state index contributed by atoms with van der Waals surface area (Å²) in [6.07, 6.45) is 10.2. The zero-order valence-corrected chi connectivity index (χ0v) is 23.3. The third-order valence-electron chi connectivity index (χ3n) is 7.25. The van der Waals surface area contributed by atoms with E-state index in [1.54, 1.807) is 18.2 Å². The maximum Gasteiger partial charge on any atom is 0.255 e. The van der Waals surface area contributed by atoms with Crippen LogP contribution in [0.5, 0.6) is 5.75 Å². The molecule has 0 fully saturated rings. The molecule has 0 aromatic heterocycles. The number of benzene rings is 2. The summed E-state index contributed by atoms with van der Waals surface area (Å²) in [5.41, 5.74) is 5.97. The lowest BCUT2D eigenvalue weighted by Crippen LogP contribution is -2.19. The lowest BCUT2D eigenvalue weighted by molar-refractivity contribution is 0.102. The molecule has 2 aromatic carbocycles. The molecule has 1 N–H and O–H groups in total. The van der Waals surface area contributed by atoms with E-state index < -0.39 is 0 Å². The fraction of sp³-hybridized carbons (Fsp3) is 0.424. The van der Waals surface area contributed by atoms with Gasteiger partial charge in [0.05, 0.1) is 6.61 Å². The molecule has 4 heteroatoms. The predicted molar refractivity (Wildman–Crippen MR) is 154 cm³/mol. The first-order valence-electron chi connectivity index (χ1n) is 13.6. The smallest absolute Gasteiger partial charge is 0.255 e. The number of carbonyl (C=O) groups excluding carboxylic acids is 1. The number of allylic oxidation sites excluding steroid dienone is 5. The average molecular weight is 504 g/mol. The summed E-state index contributed by atoms with van der Waals surface area (Å²) in [5.74, 6) is 0.323. The van der Waals surface area contributed by atoms with Gasteiger partial charge in [0.15, 0.2) is 0 Å². The molecule has 0 unspecified atom stereocenters. The highest BCUT2D eigenvalue weighted by Gasteiger charge is 2.26. The molecule has 0 saturated carbocycles. The van der Waals surface area contributed by atoms with Gasteiger partial charge in [-0.05, 0) is 104 Å². The van der Waals surface area contributed by atoms with Gasteiger partial charge in [0.1, 0.15) is 11.6 Å². The first-order chi connectivity index (χ1) is 17.7. The van der Waals surface area contributed by atoms with Crippen LogP contribution in [0.3, 0.4) is 0 Å². The zero-order chi connectivity index (χ0) is 27.0. The maximum absolute atomic E-state index is 15.5. The van der Waals surface area contributed by atoms with Crippen LogP contribution in [0.15, 0.2) is 71.3 Å². The minimum atomic E-state index is -0.245. The van der Waals surface area contributed by atoms with Crippen molar-refractivity contribution in [2.45, 2.75) is 80.1 Å². The van der Waals surface area contributed by atoms with Crippen molar-refractivity contribution >= 4 is 17.4 Å². The second-order valence-electron chi connectivity index (χ2n) is 10.7. The Hall–Kier alpha value is -3.14. The average Bonchev–Trinajstić information content (AvgIpc) is 2.88. The van der Waals surface area contributed by atoms with Gasteiger partial charge in [0.2, 0.25) is 0 Å². The van der Waals surface area contributed by atoms with Crippen molar-refractivity contribution in [3.05, 3.63) is 88.0 Å². The predicted octanol–water partition coefficient (Wildman–Crippen LogP) is 9.46. The van der Waals surface area contributed by atoms with Crippen LogP contribution in [0, 0.1) is 5.41 Å². The van der Waals surface area contributed by atoms with Crippen LogP contribution in [-0.2, 0) is 6.42 Å². The Balaban J connectivity index is 1.75. The van der Waals surface area contributed by atoms with Crippen molar-refractivity contribution in [2.24, 2.45) is 5.41 Å². The van der Waals surface area contributed by atoms with Crippen molar-refractivity contribution in [3.63, 3.8) is 0 Å². The monoisotopic (exact) mass is 503 g/mol. The molecule has 1 amide bonds. The second-order valence-corrected chi connectivity index (χ2v) is 10.7. The molecule has 0 spiro atoms. The number of unbranched alkanes of at least 4 members (excludes halogenated alkanes) is 1. The molecular formula is C33H42FNO2. The summed E-state index contributed by atoms with van der Waals surface area (Å²) in [5, 5.41) is 2.93. The summed E-state index contributed by atoms with van der Waals surface area (Å²) in [7, 11) is 0. The van der Waals surface area contributed by atoms with Gasteiger partial charge in [-0.25, -0.2) is 4.39 Å². The van der Waals surface area contributed by atoms with Gasteiger partial charge in [-0.2, -0.15) is 0 Å². The number of halogens is 1. The molecule has 0 atom stereocenters. The summed E-state index contributed by atoms with van der Waals surface area (Å²) >= 11 is 0. The van der Waals surface area contributed by atoms with E-state index in [-0.39, 0.29) is 17.1 Å². The normalized spacial score (nSPS) is 16.1. The summed E-state index contributed by atoms with van der Waals surface area (Å²) in [6, 6.07) is 12.6. The third-order valence-corrected chi connectivity index (χ3v) is 7.25. The molecule has 3 rings (SSSR count). The number of hydrogen-bond donors (Lipinski definition) is 1. The Morgan fingerprint density at radius 2 is 1.86 bits per heavy atom. The molecule has 0 radical (unpaired) electrons. The fourth-order valence-electron chi connectivity index (χ4n) is 4.92. The molecule has 1 aliphatic rings. The van der Waals surface area contributed by atoms with Gasteiger partial charge in [-0.3, -0.25) is 4.79 Å². The molecule has 0 saturated heterocycles. The number of amides is 1. The van der Waals surface area contributed by atoms with Gasteiger partial charge in [-0.1, -0.05) is 57.9 Å². The van der Waals surface area contributed by atoms with E-state index in [9.17, 15) is 4.79 Å². The van der Waals surface area contributed by atoms with Gasteiger partial charge in [-0.15, -0.1) is 0 Å². The van der Waals surface area contributed by atoms with E-state index in [0.717, 1.165) is 37.0 Å². The van der Waals surface area contributed by atoms with Crippen molar-refractivity contribution in [3.8, 4) is 5.75 Å².